The molecule has 1 aromatic carbocycles. The van der Waals surface area contributed by atoms with E-state index >= 15 is 0 Å². The molecule has 132 valence electrons. The molecule has 1 aliphatic carbocycles. The highest BCUT2D eigenvalue weighted by Gasteiger charge is 2.33. The summed E-state index contributed by atoms with van der Waals surface area (Å²) < 4.78 is 12.7. The van der Waals surface area contributed by atoms with Gasteiger partial charge < -0.3 is 9.15 Å². The molecule has 2 aromatic rings. The van der Waals surface area contributed by atoms with E-state index in [0.29, 0.717) is 29.9 Å². The summed E-state index contributed by atoms with van der Waals surface area (Å²) >= 11 is 6.25. The molecule has 0 unspecified atom stereocenters. The van der Waals surface area contributed by atoms with E-state index in [1.54, 1.807) is 13.2 Å². The maximum absolute atomic E-state index is 11.9. The number of Topliss-reactive ketones (excluding diaryl/α,β-unsaturated/α-hetero) is 1. The second-order valence-electron chi connectivity index (χ2n) is 5.81. The normalized spacial score (nSPS) is 16.8. The van der Waals surface area contributed by atoms with Gasteiger partial charge in [-0.25, -0.2) is 3.93 Å². The zero-order chi connectivity index (χ0) is 18.1. The minimum absolute atomic E-state index is 0.107. The second kappa shape index (κ2) is 7.29. The van der Waals surface area contributed by atoms with Crippen LogP contribution in [0.4, 0.5) is 0 Å². The van der Waals surface area contributed by atoms with E-state index in [1.165, 1.54) is 0 Å². The molecule has 2 aliphatic rings. The smallest absolute Gasteiger partial charge is 0.239 e. The molecule has 0 bridgehead atoms. The molecule has 25 heavy (non-hydrogen) atoms. The second-order valence-corrected chi connectivity index (χ2v) is 7.37. The number of carbonyl (C=O) groups is 3. The van der Waals surface area contributed by atoms with Crippen LogP contribution in [0.5, 0.6) is 5.75 Å². The number of nitrogens with zero attached hydrogens (tertiary/aromatic N) is 1. The summed E-state index contributed by atoms with van der Waals surface area (Å²) in [5, 5.41) is 0.883. The van der Waals surface area contributed by atoms with Crippen molar-refractivity contribution < 1.29 is 23.5 Å². The van der Waals surface area contributed by atoms with Gasteiger partial charge in [-0.05, 0) is 31.0 Å². The average Bonchev–Trinajstić information content (AvgIpc) is 3.30. The number of rotatable bonds is 3. The Bertz CT molecular complexity index is 840. The van der Waals surface area contributed by atoms with E-state index in [1.807, 2.05) is 12.1 Å². The number of ketones is 1. The van der Waals surface area contributed by atoms with Gasteiger partial charge in [-0.15, -0.1) is 0 Å². The van der Waals surface area contributed by atoms with Gasteiger partial charge in [0.05, 0.1) is 23.3 Å². The molecule has 1 aromatic heterocycles. The van der Waals surface area contributed by atoms with Crippen molar-refractivity contribution in [1.29, 1.82) is 0 Å². The predicted octanol–water partition coefficient (Wildman–Crippen LogP) is 4.24. The molecular weight excluding hydrogens is 458 g/mol. The molecule has 0 atom stereocenters. The van der Waals surface area contributed by atoms with Gasteiger partial charge in [0.15, 0.2) is 17.1 Å². The van der Waals surface area contributed by atoms with Crippen LogP contribution in [0.1, 0.15) is 36.2 Å². The highest BCUT2D eigenvalue weighted by Crippen LogP contribution is 2.38. The highest BCUT2D eigenvalue weighted by molar-refractivity contribution is 9.10. The van der Waals surface area contributed by atoms with Crippen molar-refractivity contribution >= 4 is 60.6 Å². The Kier molecular flexibility index (Phi) is 5.29. The summed E-state index contributed by atoms with van der Waals surface area (Å²) in [6.07, 6.45) is 2.66. The minimum atomic E-state index is -0.144. The number of methoxy groups -OCH3 is 1. The highest BCUT2D eigenvalue weighted by atomic mass is 79.9. The molecule has 2 fully saturated rings. The number of furan rings is 1. The van der Waals surface area contributed by atoms with Crippen LogP contribution in [-0.4, -0.2) is 28.6 Å². The first-order valence-corrected chi connectivity index (χ1v) is 9.24. The Hall–Kier alpha value is -1.67. The molecule has 2 amide bonds. The Labute approximate surface area is 160 Å². The monoisotopic (exact) mass is 471 g/mol. The molecule has 2 heterocycles. The van der Waals surface area contributed by atoms with Crippen LogP contribution in [-0.2, 0) is 9.59 Å². The number of ether oxygens (including phenoxy) is 1. The maximum atomic E-state index is 11.9. The average molecular weight is 473 g/mol. The molecule has 1 saturated heterocycles. The van der Waals surface area contributed by atoms with Crippen molar-refractivity contribution in [3.8, 4) is 5.75 Å². The minimum Gasteiger partial charge on any atom is -0.493 e. The fourth-order valence-corrected chi connectivity index (χ4v) is 3.23. The molecule has 1 aliphatic heterocycles. The molecular formula is C17H15Br2NO5. The SMILES string of the molecule is COc1ccc(Br)c2cc(C(=O)C3CC3)oc12.O=C1CCC(=O)N1Br. The van der Waals surface area contributed by atoms with Gasteiger partial charge in [-0.2, -0.15) is 0 Å². The summed E-state index contributed by atoms with van der Waals surface area (Å²) in [6.45, 7) is 0. The Morgan fingerprint density at radius 2 is 1.88 bits per heavy atom. The number of benzene rings is 1. The van der Waals surface area contributed by atoms with E-state index in [-0.39, 0.29) is 23.5 Å². The Morgan fingerprint density at radius 3 is 2.36 bits per heavy atom. The first-order chi connectivity index (χ1) is 11.9. The predicted molar refractivity (Wildman–Crippen MR) is 97.5 cm³/mol. The Balaban J connectivity index is 0.000000192. The summed E-state index contributed by atoms with van der Waals surface area (Å²) in [5.41, 5.74) is 0.630. The van der Waals surface area contributed by atoms with Crippen molar-refractivity contribution in [1.82, 2.24) is 3.93 Å². The maximum Gasteiger partial charge on any atom is 0.239 e. The summed E-state index contributed by atoms with van der Waals surface area (Å²) in [5.74, 6) is 1.08. The number of imide groups is 1. The summed E-state index contributed by atoms with van der Waals surface area (Å²) in [7, 11) is 1.59. The molecule has 0 radical (unpaired) electrons. The van der Waals surface area contributed by atoms with Gasteiger partial charge >= 0.3 is 0 Å². The van der Waals surface area contributed by atoms with Crippen molar-refractivity contribution in [2.45, 2.75) is 25.7 Å². The van der Waals surface area contributed by atoms with Crippen molar-refractivity contribution in [2.24, 2.45) is 5.92 Å². The van der Waals surface area contributed by atoms with E-state index in [2.05, 4.69) is 32.1 Å². The topological polar surface area (TPSA) is 76.8 Å². The summed E-state index contributed by atoms with van der Waals surface area (Å²) in [4.78, 5) is 32.8. The molecule has 6 nitrogen and oxygen atoms in total. The first-order valence-electron chi connectivity index (χ1n) is 7.74. The largest absolute Gasteiger partial charge is 0.493 e. The van der Waals surface area contributed by atoms with E-state index in [4.69, 9.17) is 9.15 Å². The fourth-order valence-electron chi connectivity index (χ4n) is 2.44. The quantitative estimate of drug-likeness (QED) is 0.379. The standard InChI is InChI=1S/C13H11BrO3.C4H4BrNO2/c1-16-10-5-4-9(14)8-6-11(17-13(8)10)12(15)7-2-3-7;5-6-3(7)1-2-4(6)8/h4-7H,2-3H2,1H3;1-2H2. The van der Waals surface area contributed by atoms with Crippen LogP contribution in [0.2, 0.25) is 0 Å². The van der Waals surface area contributed by atoms with Crippen LogP contribution >= 0.6 is 32.1 Å². The molecule has 1 saturated carbocycles. The van der Waals surface area contributed by atoms with Crippen molar-refractivity contribution in [3.63, 3.8) is 0 Å². The zero-order valence-electron chi connectivity index (χ0n) is 13.4. The van der Waals surface area contributed by atoms with Crippen LogP contribution in [0.15, 0.2) is 27.1 Å². The first kappa shape index (κ1) is 18.1. The number of fused-ring (bicyclic) bond motifs is 1. The third-order valence-electron chi connectivity index (χ3n) is 4.00. The fraction of sp³-hybridized carbons (Fsp3) is 0.353. The third-order valence-corrected chi connectivity index (χ3v) is 5.48. The Morgan fingerprint density at radius 1 is 1.24 bits per heavy atom. The lowest BCUT2D eigenvalue weighted by molar-refractivity contribution is -0.131. The molecule has 8 heteroatoms. The van der Waals surface area contributed by atoms with Crippen LogP contribution in [0.3, 0.4) is 0 Å². The van der Waals surface area contributed by atoms with Crippen LogP contribution in [0, 0.1) is 5.92 Å². The van der Waals surface area contributed by atoms with Gasteiger partial charge in [0.2, 0.25) is 17.6 Å². The van der Waals surface area contributed by atoms with Gasteiger partial charge in [-0.1, -0.05) is 15.9 Å². The molecule has 0 N–H and O–H groups in total. The van der Waals surface area contributed by atoms with E-state index < -0.39 is 0 Å². The van der Waals surface area contributed by atoms with E-state index in [9.17, 15) is 14.4 Å². The van der Waals surface area contributed by atoms with Gasteiger partial charge in [0.25, 0.3) is 0 Å². The van der Waals surface area contributed by atoms with Gasteiger partial charge in [0, 0.05) is 28.6 Å². The summed E-state index contributed by atoms with van der Waals surface area (Å²) in [6, 6.07) is 5.51. The van der Waals surface area contributed by atoms with E-state index in [0.717, 1.165) is 26.6 Å². The number of amides is 2. The lowest BCUT2D eigenvalue weighted by Crippen LogP contribution is -2.16. The number of halogens is 2. The zero-order valence-corrected chi connectivity index (χ0v) is 16.6. The van der Waals surface area contributed by atoms with Gasteiger partial charge in [0.1, 0.15) is 0 Å². The van der Waals surface area contributed by atoms with Crippen LogP contribution in [0.25, 0.3) is 11.0 Å². The number of hydrogen-bond acceptors (Lipinski definition) is 5. The number of hydrogen-bond donors (Lipinski definition) is 0. The van der Waals surface area contributed by atoms with Crippen LogP contribution < -0.4 is 4.74 Å². The van der Waals surface area contributed by atoms with Crippen molar-refractivity contribution in [3.05, 3.63) is 28.4 Å². The molecule has 4 rings (SSSR count). The molecule has 0 spiro atoms. The van der Waals surface area contributed by atoms with Gasteiger partial charge in [-0.3, -0.25) is 14.4 Å². The number of carbonyl (C=O) groups excluding carboxylic acids is 3. The lowest BCUT2D eigenvalue weighted by atomic mass is 10.2. The van der Waals surface area contributed by atoms with Crippen molar-refractivity contribution in [2.75, 3.05) is 7.11 Å². The lowest BCUT2D eigenvalue weighted by Gasteiger charge is -2.00. The third kappa shape index (κ3) is 3.79.